The van der Waals surface area contributed by atoms with Crippen LogP contribution in [0.3, 0.4) is 0 Å². The van der Waals surface area contributed by atoms with E-state index in [9.17, 15) is 19.2 Å². The van der Waals surface area contributed by atoms with Gasteiger partial charge in [-0.2, -0.15) is 0 Å². The normalized spacial score (nSPS) is 28.1. The maximum Gasteiger partial charge on any atom is 0.355 e. The predicted molar refractivity (Wildman–Crippen MR) is 88.4 cm³/mol. The van der Waals surface area contributed by atoms with Crippen molar-refractivity contribution in [2.24, 2.45) is 5.73 Å². The molecule has 1 fully saturated rings. The lowest BCUT2D eigenvalue weighted by Crippen LogP contribution is -2.80. The van der Waals surface area contributed by atoms with E-state index >= 15 is 0 Å². The lowest BCUT2D eigenvalue weighted by molar-refractivity contribution is -0.192. The number of carbonyl (C=O) groups is 4. The third-order valence-corrected chi connectivity index (χ3v) is 5.94. The number of hydrogen-bond acceptors (Lipinski definition) is 8. The number of methoxy groups -OCH3 is 1. The van der Waals surface area contributed by atoms with Gasteiger partial charge in [0.15, 0.2) is 0 Å². The average molecular weight is 385 g/mol. The van der Waals surface area contributed by atoms with Crippen LogP contribution in [-0.2, 0) is 28.7 Å². The molecule has 0 aromatic rings. The molecule has 3 aliphatic heterocycles. The number of esters is 1. The van der Waals surface area contributed by atoms with Crippen molar-refractivity contribution >= 4 is 35.5 Å². The van der Waals surface area contributed by atoms with E-state index in [1.54, 1.807) is 0 Å². The maximum atomic E-state index is 12.7. The van der Waals surface area contributed by atoms with Crippen LogP contribution < -0.4 is 11.1 Å². The minimum absolute atomic E-state index is 0.00669. The molecule has 0 spiro atoms. The third-order valence-electron chi connectivity index (χ3n) is 4.56. The molecule has 1 unspecified atom stereocenters. The van der Waals surface area contributed by atoms with Crippen molar-refractivity contribution in [1.82, 2.24) is 10.2 Å². The van der Waals surface area contributed by atoms with Gasteiger partial charge in [0.2, 0.25) is 5.91 Å². The number of rotatable bonds is 7. The Bertz CT molecular complexity index is 709. The Morgan fingerprint density at radius 2 is 2.27 bits per heavy atom. The highest BCUT2D eigenvalue weighted by Crippen LogP contribution is 2.48. The minimum atomic E-state index is -1.54. The Morgan fingerprint density at radius 1 is 1.54 bits per heavy atom. The number of β-lactam (4-membered cyclic amide) rings is 1. The van der Waals surface area contributed by atoms with E-state index in [1.807, 2.05) is 0 Å². The Labute approximate surface area is 153 Å². The smallest absolute Gasteiger partial charge is 0.355 e. The molecule has 0 radical (unpaired) electrons. The number of nitrogens with two attached hydrogens (primary N) is 1. The van der Waals surface area contributed by atoms with E-state index in [0.717, 1.165) is 5.57 Å². The molecule has 2 amide bonds. The SMILES string of the molecule is CO[C@@]1(NC(=O)CCCC(N)C(=O)O)C(=O)N2C3=C(COC3=O)CS[C@H]21. The summed E-state index contributed by atoms with van der Waals surface area (Å²) in [5.74, 6) is -2.15. The largest absolute Gasteiger partial charge is 0.480 e. The molecule has 4 N–H and O–H groups in total. The molecule has 3 heterocycles. The number of nitrogens with one attached hydrogen (secondary N) is 1. The standard InChI is InChI=1S/C15H19N3O7S/c1-24-15(17-9(19)4-2-3-8(16)11(20)21)13(23)18-10-7(5-25-12(10)22)6-26-14(15)18/h8,14H,2-6,16H2,1H3,(H,17,19)(H,20,21)/t8?,14-,15-/m0/s1. The number of cyclic esters (lactones) is 1. The van der Waals surface area contributed by atoms with Gasteiger partial charge in [-0.15, -0.1) is 11.8 Å². The minimum Gasteiger partial charge on any atom is -0.480 e. The van der Waals surface area contributed by atoms with Crippen LogP contribution in [-0.4, -0.2) is 70.4 Å². The molecule has 142 valence electrons. The topological polar surface area (TPSA) is 148 Å². The molecule has 10 nitrogen and oxygen atoms in total. The van der Waals surface area contributed by atoms with Crippen molar-refractivity contribution in [2.45, 2.75) is 36.4 Å². The summed E-state index contributed by atoms with van der Waals surface area (Å²) >= 11 is 1.38. The molecule has 3 aliphatic rings. The summed E-state index contributed by atoms with van der Waals surface area (Å²) < 4.78 is 10.3. The first kappa shape index (κ1) is 18.7. The number of nitrogens with zero attached hydrogens (tertiary/aromatic N) is 1. The van der Waals surface area contributed by atoms with Crippen LogP contribution in [0.15, 0.2) is 11.3 Å². The first-order chi connectivity index (χ1) is 12.3. The van der Waals surface area contributed by atoms with Gasteiger partial charge in [0, 0.05) is 24.9 Å². The van der Waals surface area contributed by atoms with Crippen LogP contribution in [0.5, 0.6) is 0 Å². The van der Waals surface area contributed by atoms with Crippen LogP contribution in [0.2, 0.25) is 0 Å². The molecule has 3 rings (SSSR count). The van der Waals surface area contributed by atoms with Gasteiger partial charge < -0.3 is 25.6 Å². The molecule has 1 saturated heterocycles. The van der Waals surface area contributed by atoms with Gasteiger partial charge in [0.1, 0.15) is 23.7 Å². The van der Waals surface area contributed by atoms with E-state index in [4.69, 9.17) is 20.3 Å². The quantitative estimate of drug-likeness (QED) is 0.278. The summed E-state index contributed by atoms with van der Waals surface area (Å²) in [6.07, 6.45) is 0.409. The van der Waals surface area contributed by atoms with Crippen molar-refractivity contribution in [3.8, 4) is 0 Å². The van der Waals surface area contributed by atoms with Gasteiger partial charge in [-0.3, -0.25) is 19.3 Å². The van der Waals surface area contributed by atoms with E-state index in [-0.39, 0.29) is 31.6 Å². The zero-order chi connectivity index (χ0) is 19.1. The molecule has 11 heteroatoms. The fourth-order valence-corrected chi connectivity index (χ4v) is 4.56. The van der Waals surface area contributed by atoms with Gasteiger partial charge in [0.25, 0.3) is 11.6 Å². The van der Waals surface area contributed by atoms with Crippen LogP contribution in [0.4, 0.5) is 0 Å². The molecule has 3 atom stereocenters. The fraction of sp³-hybridized carbons (Fsp3) is 0.600. The van der Waals surface area contributed by atoms with Crippen molar-refractivity contribution in [3.63, 3.8) is 0 Å². The highest BCUT2D eigenvalue weighted by molar-refractivity contribution is 8.00. The van der Waals surface area contributed by atoms with Gasteiger partial charge >= 0.3 is 11.9 Å². The zero-order valence-corrected chi connectivity index (χ0v) is 14.8. The van der Waals surface area contributed by atoms with Gasteiger partial charge in [-0.1, -0.05) is 0 Å². The van der Waals surface area contributed by atoms with Crippen molar-refractivity contribution in [2.75, 3.05) is 19.5 Å². The fourth-order valence-electron chi connectivity index (χ4n) is 3.14. The first-order valence-corrected chi connectivity index (χ1v) is 9.05. The maximum absolute atomic E-state index is 12.7. The summed E-state index contributed by atoms with van der Waals surface area (Å²) in [5, 5.41) is 10.8. The Morgan fingerprint density at radius 3 is 2.92 bits per heavy atom. The summed E-state index contributed by atoms with van der Waals surface area (Å²) in [6, 6.07) is -1.03. The van der Waals surface area contributed by atoms with Gasteiger partial charge in [-0.25, -0.2) is 4.79 Å². The highest BCUT2D eigenvalue weighted by Gasteiger charge is 2.67. The molecular weight excluding hydrogens is 366 g/mol. The van der Waals surface area contributed by atoms with Gasteiger partial charge in [-0.05, 0) is 12.8 Å². The molecule has 0 aromatic carbocycles. The summed E-state index contributed by atoms with van der Waals surface area (Å²) in [4.78, 5) is 48.7. The number of hydrogen-bond donors (Lipinski definition) is 3. The average Bonchev–Trinajstić information content (AvgIpc) is 2.98. The van der Waals surface area contributed by atoms with E-state index < -0.39 is 40.9 Å². The Balaban J connectivity index is 1.64. The lowest BCUT2D eigenvalue weighted by Gasteiger charge is -2.55. The highest BCUT2D eigenvalue weighted by atomic mass is 32.2. The first-order valence-electron chi connectivity index (χ1n) is 8.00. The zero-order valence-electron chi connectivity index (χ0n) is 14.0. The molecule has 0 aromatic heterocycles. The van der Waals surface area contributed by atoms with Crippen LogP contribution in [0, 0.1) is 0 Å². The van der Waals surface area contributed by atoms with Crippen LogP contribution >= 0.6 is 11.8 Å². The van der Waals surface area contributed by atoms with Crippen molar-refractivity contribution in [1.29, 1.82) is 0 Å². The second-order valence-electron chi connectivity index (χ2n) is 6.19. The number of ether oxygens (including phenoxy) is 2. The molecule has 0 aliphatic carbocycles. The number of carboxylic acid groups (broad SMARTS) is 1. The van der Waals surface area contributed by atoms with E-state index in [2.05, 4.69) is 5.32 Å². The number of amides is 2. The number of carboxylic acids is 1. The number of carbonyl (C=O) groups excluding carboxylic acids is 3. The second-order valence-corrected chi connectivity index (χ2v) is 7.26. The number of thioether (sulfide) groups is 1. The number of aliphatic carboxylic acids is 1. The molecule has 0 bridgehead atoms. The lowest BCUT2D eigenvalue weighted by atomic mass is 9.98. The summed E-state index contributed by atoms with van der Waals surface area (Å²) in [5.41, 5.74) is 4.85. The van der Waals surface area contributed by atoms with Crippen LogP contribution in [0.25, 0.3) is 0 Å². The van der Waals surface area contributed by atoms with Crippen molar-refractivity contribution < 1.29 is 33.8 Å². The molecular formula is C15H19N3O7S. The molecule has 0 saturated carbocycles. The third kappa shape index (κ3) is 2.85. The number of fused-ring (bicyclic) bond motifs is 2. The summed E-state index contributed by atoms with van der Waals surface area (Å²) in [6.45, 7) is 0.174. The second kappa shape index (κ2) is 6.89. The van der Waals surface area contributed by atoms with Crippen LogP contribution in [0.1, 0.15) is 19.3 Å². The van der Waals surface area contributed by atoms with Crippen molar-refractivity contribution in [3.05, 3.63) is 11.3 Å². The Kier molecular flexibility index (Phi) is 4.95. The van der Waals surface area contributed by atoms with Gasteiger partial charge in [0.05, 0.1) is 0 Å². The molecule has 26 heavy (non-hydrogen) atoms. The van der Waals surface area contributed by atoms with E-state index in [1.165, 1.54) is 23.8 Å². The monoisotopic (exact) mass is 385 g/mol. The Hall–Kier alpha value is -2.11. The predicted octanol–water partition coefficient (Wildman–Crippen LogP) is -1.25. The van der Waals surface area contributed by atoms with E-state index in [0.29, 0.717) is 5.75 Å². The summed E-state index contributed by atoms with van der Waals surface area (Å²) in [7, 11) is 1.31.